The molecule has 1 amide bonds. The molecule has 1 aromatic rings. The van der Waals surface area contributed by atoms with Crippen LogP contribution in [0.1, 0.15) is 33.5 Å². The molecule has 0 saturated carbocycles. The topological polar surface area (TPSA) is 29.1 Å². The minimum atomic E-state index is -1.95. The molecular formula is C17H24Cl2NOSiZr. The maximum atomic E-state index is 12.8. The summed E-state index contributed by atoms with van der Waals surface area (Å²) in [5, 5.41) is 0. The molecule has 0 bridgehead atoms. The van der Waals surface area contributed by atoms with Gasteiger partial charge < -0.3 is 24.8 Å². The van der Waals surface area contributed by atoms with Crippen LogP contribution in [0.5, 0.6) is 0 Å². The average Bonchev–Trinajstić information content (AvgIpc) is 2.87. The van der Waals surface area contributed by atoms with E-state index in [1.165, 1.54) is 5.56 Å². The van der Waals surface area contributed by atoms with Gasteiger partial charge in [0, 0.05) is 0 Å². The van der Waals surface area contributed by atoms with E-state index in [9.17, 15) is 4.79 Å². The van der Waals surface area contributed by atoms with Crippen molar-refractivity contribution in [3.63, 3.8) is 0 Å². The van der Waals surface area contributed by atoms with E-state index in [4.69, 9.17) is 0 Å². The van der Waals surface area contributed by atoms with Crippen molar-refractivity contribution in [3.8, 4) is 0 Å². The van der Waals surface area contributed by atoms with E-state index in [0.29, 0.717) is 0 Å². The number of halogens is 2. The van der Waals surface area contributed by atoms with Crippen LogP contribution in [0, 0.1) is 20.8 Å². The number of carbonyl (C=O) groups is 1. The first kappa shape index (κ1) is 22.9. The Bertz CT molecular complexity index is 606. The van der Waals surface area contributed by atoms with Crippen molar-refractivity contribution in [1.29, 1.82) is 0 Å². The molecule has 0 atom stereocenters. The van der Waals surface area contributed by atoms with E-state index in [0.717, 1.165) is 23.1 Å². The molecule has 125 valence electrons. The molecule has 0 saturated heterocycles. The summed E-state index contributed by atoms with van der Waals surface area (Å²) in [6.45, 7) is 10.9. The zero-order chi connectivity index (χ0) is 15.6. The van der Waals surface area contributed by atoms with Gasteiger partial charge in [-0.15, -0.1) is 0 Å². The number of amides is 1. The van der Waals surface area contributed by atoms with Crippen molar-refractivity contribution in [3.05, 3.63) is 55.9 Å². The second-order valence-electron chi connectivity index (χ2n) is 6.12. The van der Waals surface area contributed by atoms with Crippen LogP contribution in [0.15, 0.2) is 33.6 Å². The van der Waals surface area contributed by atoms with E-state index in [1.807, 2.05) is 13.8 Å². The third-order valence-electron chi connectivity index (χ3n) is 3.85. The van der Waals surface area contributed by atoms with Gasteiger partial charge in [-0.05, 0) is 0 Å². The largest absolute Gasteiger partial charge is 1.00 e. The summed E-state index contributed by atoms with van der Waals surface area (Å²) >= 11 is -1.95. The number of benzene rings is 1. The third kappa shape index (κ3) is 5.70. The van der Waals surface area contributed by atoms with Gasteiger partial charge in [-0.25, -0.2) is 0 Å². The molecule has 2 nitrogen and oxygen atoms in total. The summed E-state index contributed by atoms with van der Waals surface area (Å²) in [5.74, 6) is -0.643. The fourth-order valence-corrected chi connectivity index (χ4v) is 16.4. The van der Waals surface area contributed by atoms with Crippen LogP contribution in [0.2, 0.25) is 13.1 Å². The SMILES string of the molecule is Cc1cc(C)c(C(=O)[NH][Zr+2]([C]2=CC=CC2)[SiH](C)C)c(C)c1.[Cl-].[Cl-]. The Kier molecular flexibility index (Phi) is 9.92. The van der Waals surface area contributed by atoms with E-state index >= 15 is 0 Å². The van der Waals surface area contributed by atoms with Crippen LogP contribution >= 0.6 is 0 Å². The molecule has 1 aliphatic rings. The monoisotopic (exact) mass is 446 g/mol. The number of hydrogen-bond acceptors (Lipinski definition) is 1. The molecule has 0 fully saturated rings. The second kappa shape index (κ2) is 9.98. The minimum Gasteiger partial charge on any atom is -1.00 e. The minimum absolute atomic E-state index is 0. The quantitative estimate of drug-likeness (QED) is 0.517. The first-order chi connectivity index (χ1) is 9.90. The van der Waals surface area contributed by atoms with Gasteiger partial charge in [0.25, 0.3) is 0 Å². The van der Waals surface area contributed by atoms with E-state index < -0.39 is 27.1 Å². The van der Waals surface area contributed by atoms with Gasteiger partial charge in [-0.3, -0.25) is 0 Å². The first-order valence-corrected chi connectivity index (χ1v) is 17.1. The molecule has 1 aliphatic carbocycles. The molecule has 0 spiro atoms. The summed E-state index contributed by atoms with van der Waals surface area (Å²) < 4.78 is 5.04. The standard InChI is InChI=1S/C10H13NO.C5H5.C2H7Si.2ClH.Zr/c1-6-4-7(2)9(10(11)12)8(3)5-6;1-2-4-5-3-1;1-3-2;;;/h4-5H,1-3H3,(H2,11,12);1-3H,4H2;3H,1-2H3;2*1H;/q;;;;;+3/p-3. The number of hydrogen-bond donors (Lipinski definition) is 1. The van der Waals surface area contributed by atoms with Crippen molar-refractivity contribution in [2.45, 2.75) is 40.3 Å². The number of carbonyl (C=O) groups excluding carboxylic acids is 1. The van der Waals surface area contributed by atoms with E-state index in [1.54, 1.807) is 3.28 Å². The third-order valence-corrected chi connectivity index (χ3v) is 20.4. The molecule has 1 N–H and O–H groups in total. The van der Waals surface area contributed by atoms with Crippen molar-refractivity contribution in [1.82, 2.24) is 3.26 Å². The van der Waals surface area contributed by atoms with Crippen molar-refractivity contribution in [2.24, 2.45) is 0 Å². The smallest absolute Gasteiger partial charge is 1.00 e. The van der Waals surface area contributed by atoms with Crippen LogP contribution in [-0.2, 0) is 21.2 Å². The molecular weight excluding hydrogens is 424 g/mol. The summed E-state index contributed by atoms with van der Waals surface area (Å²) in [7, 11) is 0. The second-order valence-corrected chi connectivity index (χ2v) is 24.6. The molecule has 6 heteroatoms. The van der Waals surface area contributed by atoms with Gasteiger partial charge in [-0.1, -0.05) is 0 Å². The number of aryl methyl sites for hydroxylation is 3. The van der Waals surface area contributed by atoms with Gasteiger partial charge in [-0.2, -0.15) is 0 Å². The van der Waals surface area contributed by atoms with Gasteiger partial charge in [0.1, 0.15) is 0 Å². The Balaban J connectivity index is 0.00000242. The Morgan fingerprint density at radius 2 is 1.70 bits per heavy atom. The van der Waals surface area contributed by atoms with E-state index in [2.05, 4.69) is 53.6 Å². The average molecular weight is 449 g/mol. The number of rotatable bonds is 4. The summed E-state index contributed by atoms with van der Waals surface area (Å²) in [6.07, 6.45) is 7.66. The summed E-state index contributed by atoms with van der Waals surface area (Å²) in [4.78, 5) is 12.8. The van der Waals surface area contributed by atoms with Crippen LogP contribution < -0.4 is 28.1 Å². The van der Waals surface area contributed by atoms with Crippen LogP contribution in [-0.4, -0.2) is 11.8 Å². The molecule has 0 aliphatic heterocycles. The molecule has 23 heavy (non-hydrogen) atoms. The van der Waals surface area contributed by atoms with Gasteiger partial charge in [0.15, 0.2) is 0 Å². The molecule has 1 aromatic carbocycles. The predicted octanol–water partition coefficient (Wildman–Crippen LogP) is -2.29. The van der Waals surface area contributed by atoms with Crippen molar-refractivity contribution >= 4 is 11.8 Å². The fraction of sp³-hybridized carbons (Fsp3) is 0.353. The Morgan fingerprint density at radius 3 is 2.13 bits per heavy atom. The van der Waals surface area contributed by atoms with Crippen LogP contribution in [0.25, 0.3) is 0 Å². The maximum Gasteiger partial charge on any atom is -1.00 e. The van der Waals surface area contributed by atoms with Crippen molar-refractivity contribution < 1.29 is 50.8 Å². The number of allylic oxidation sites excluding steroid dienone is 4. The zero-order valence-corrected chi connectivity index (χ0v) is 19.5. The molecule has 0 unspecified atom stereocenters. The van der Waals surface area contributed by atoms with Gasteiger partial charge >= 0.3 is 137 Å². The van der Waals surface area contributed by atoms with Gasteiger partial charge in [0.05, 0.1) is 0 Å². The normalized spacial score (nSPS) is 12.3. The Hall–Kier alpha value is -0.150. The van der Waals surface area contributed by atoms with E-state index in [-0.39, 0.29) is 30.7 Å². The zero-order valence-electron chi connectivity index (χ0n) is 14.3. The van der Waals surface area contributed by atoms with Crippen LogP contribution in [0.3, 0.4) is 0 Å². The van der Waals surface area contributed by atoms with Crippen molar-refractivity contribution in [2.75, 3.05) is 0 Å². The molecule has 0 radical (unpaired) electrons. The Morgan fingerprint density at radius 1 is 1.13 bits per heavy atom. The predicted molar refractivity (Wildman–Crippen MR) is 88.8 cm³/mol. The summed E-state index contributed by atoms with van der Waals surface area (Å²) in [5.41, 5.74) is 4.30. The fourth-order valence-electron chi connectivity index (χ4n) is 2.97. The van der Waals surface area contributed by atoms with Gasteiger partial charge in [0.2, 0.25) is 0 Å². The molecule has 2 rings (SSSR count). The number of nitrogens with one attached hydrogen (secondary N) is 1. The van der Waals surface area contributed by atoms with Crippen LogP contribution in [0.4, 0.5) is 0 Å². The molecule has 0 heterocycles. The first-order valence-electron chi connectivity index (χ1n) is 7.52. The molecule has 0 aromatic heterocycles. The summed E-state index contributed by atoms with van der Waals surface area (Å²) in [6, 6.07) is 4.21. The maximum absolute atomic E-state index is 12.8. The Labute approximate surface area is 161 Å².